The SMILES string of the molecule is COc1ccc(-c2cc(C(F)(F)F)n3nc(CC(=O)N4CCOCC4)c(Br)c3n2)cc1. The number of halogens is 4. The minimum Gasteiger partial charge on any atom is -0.497 e. The second-order valence-electron chi connectivity index (χ2n) is 6.92. The lowest BCUT2D eigenvalue weighted by molar-refractivity contribution is -0.142. The average Bonchev–Trinajstić information content (AvgIpc) is 3.08. The van der Waals surface area contributed by atoms with Gasteiger partial charge in [0.25, 0.3) is 0 Å². The first kappa shape index (κ1) is 21.6. The van der Waals surface area contributed by atoms with E-state index in [1.54, 1.807) is 29.2 Å². The number of hydrogen-bond donors (Lipinski definition) is 0. The monoisotopic (exact) mass is 498 g/mol. The number of methoxy groups -OCH3 is 1. The Morgan fingerprint density at radius 3 is 2.52 bits per heavy atom. The smallest absolute Gasteiger partial charge is 0.433 e. The van der Waals surface area contributed by atoms with Crippen molar-refractivity contribution in [3.63, 3.8) is 0 Å². The Labute approximate surface area is 183 Å². The quantitative estimate of drug-likeness (QED) is 0.549. The van der Waals surface area contributed by atoms with Crippen LogP contribution in [0.4, 0.5) is 13.2 Å². The number of rotatable bonds is 4. The minimum atomic E-state index is -4.67. The molecule has 7 nitrogen and oxygen atoms in total. The maximum atomic E-state index is 13.8. The Hall–Kier alpha value is -2.66. The number of benzene rings is 1. The molecule has 1 aliphatic heterocycles. The zero-order chi connectivity index (χ0) is 22.2. The first-order valence-electron chi connectivity index (χ1n) is 9.43. The number of alkyl halides is 3. The van der Waals surface area contributed by atoms with Gasteiger partial charge in [0.15, 0.2) is 11.3 Å². The van der Waals surface area contributed by atoms with Gasteiger partial charge in [0.2, 0.25) is 5.91 Å². The van der Waals surface area contributed by atoms with Gasteiger partial charge >= 0.3 is 6.18 Å². The molecular weight excluding hydrogens is 481 g/mol. The van der Waals surface area contributed by atoms with Crippen molar-refractivity contribution < 1.29 is 27.4 Å². The summed E-state index contributed by atoms with van der Waals surface area (Å²) in [6, 6.07) is 7.50. The van der Waals surface area contributed by atoms with Gasteiger partial charge in [0.1, 0.15) is 5.75 Å². The van der Waals surface area contributed by atoms with E-state index in [9.17, 15) is 18.0 Å². The van der Waals surface area contributed by atoms with Crippen molar-refractivity contribution in [1.82, 2.24) is 19.5 Å². The highest BCUT2D eigenvalue weighted by Crippen LogP contribution is 2.35. The van der Waals surface area contributed by atoms with E-state index in [0.29, 0.717) is 37.6 Å². The molecule has 0 aliphatic carbocycles. The number of ether oxygens (including phenoxy) is 2. The van der Waals surface area contributed by atoms with Crippen LogP contribution in [0, 0.1) is 0 Å². The molecule has 0 bridgehead atoms. The number of fused-ring (bicyclic) bond motifs is 1. The number of amides is 1. The number of carbonyl (C=O) groups is 1. The molecule has 164 valence electrons. The fraction of sp³-hybridized carbons (Fsp3) is 0.350. The van der Waals surface area contributed by atoms with Crippen LogP contribution >= 0.6 is 15.9 Å². The molecule has 1 saturated heterocycles. The van der Waals surface area contributed by atoms with Crippen molar-refractivity contribution in [3.05, 3.63) is 46.2 Å². The Balaban J connectivity index is 1.77. The lowest BCUT2D eigenvalue weighted by atomic mass is 10.1. The van der Waals surface area contributed by atoms with Crippen LogP contribution in [0.1, 0.15) is 11.4 Å². The van der Waals surface area contributed by atoms with Crippen molar-refractivity contribution in [1.29, 1.82) is 0 Å². The lowest BCUT2D eigenvalue weighted by Crippen LogP contribution is -2.41. The first-order chi connectivity index (χ1) is 14.8. The summed E-state index contributed by atoms with van der Waals surface area (Å²) in [5.74, 6) is 0.353. The molecule has 1 fully saturated rings. The zero-order valence-corrected chi connectivity index (χ0v) is 18.0. The number of nitrogens with zero attached hydrogens (tertiary/aromatic N) is 4. The first-order valence-corrected chi connectivity index (χ1v) is 10.2. The van der Waals surface area contributed by atoms with E-state index in [2.05, 4.69) is 26.0 Å². The van der Waals surface area contributed by atoms with Crippen molar-refractivity contribution >= 4 is 27.5 Å². The molecule has 2 aromatic heterocycles. The van der Waals surface area contributed by atoms with Crippen LogP contribution < -0.4 is 4.74 Å². The molecule has 0 radical (unpaired) electrons. The fourth-order valence-corrected chi connectivity index (χ4v) is 3.80. The highest BCUT2D eigenvalue weighted by molar-refractivity contribution is 9.10. The molecule has 31 heavy (non-hydrogen) atoms. The molecule has 4 rings (SSSR count). The fourth-order valence-electron chi connectivity index (χ4n) is 3.33. The van der Waals surface area contributed by atoms with E-state index in [4.69, 9.17) is 9.47 Å². The second kappa shape index (κ2) is 8.46. The Morgan fingerprint density at radius 2 is 1.90 bits per heavy atom. The predicted octanol–water partition coefficient (Wildman–Crippen LogP) is 3.59. The highest BCUT2D eigenvalue weighted by atomic mass is 79.9. The minimum absolute atomic E-state index is 0.00887. The molecule has 0 atom stereocenters. The van der Waals surface area contributed by atoms with Crippen LogP contribution in [0.15, 0.2) is 34.8 Å². The van der Waals surface area contributed by atoms with E-state index >= 15 is 0 Å². The molecule has 11 heteroatoms. The maximum Gasteiger partial charge on any atom is 0.433 e. The number of hydrogen-bond acceptors (Lipinski definition) is 5. The summed E-state index contributed by atoms with van der Waals surface area (Å²) in [4.78, 5) is 18.6. The topological polar surface area (TPSA) is 69.0 Å². The van der Waals surface area contributed by atoms with Gasteiger partial charge in [-0.15, -0.1) is 0 Å². The van der Waals surface area contributed by atoms with E-state index in [-0.39, 0.29) is 33.8 Å². The van der Waals surface area contributed by atoms with Gasteiger partial charge in [-0.05, 0) is 46.3 Å². The standard InChI is InChI=1S/C20H18BrF3N4O3/c1-30-13-4-2-12(3-5-13)14-10-16(20(22,23)24)28-19(25-14)18(21)15(26-28)11-17(29)27-6-8-31-9-7-27/h2-5,10H,6-9,11H2,1H3. The summed E-state index contributed by atoms with van der Waals surface area (Å²) in [5.41, 5.74) is -0.164. The third-order valence-corrected chi connectivity index (χ3v) is 5.77. The van der Waals surface area contributed by atoms with Gasteiger partial charge in [-0.3, -0.25) is 4.79 Å². The van der Waals surface area contributed by atoms with Crippen LogP contribution in [-0.4, -0.2) is 58.8 Å². The molecule has 3 aromatic rings. The zero-order valence-electron chi connectivity index (χ0n) is 16.4. The van der Waals surface area contributed by atoms with Crippen LogP contribution in [0.3, 0.4) is 0 Å². The van der Waals surface area contributed by atoms with E-state index in [1.807, 2.05) is 0 Å². The van der Waals surface area contributed by atoms with E-state index < -0.39 is 11.9 Å². The summed E-state index contributed by atoms with van der Waals surface area (Å²) in [6.45, 7) is 1.75. The van der Waals surface area contributed by atoms with Crippen LogP contribution in [0.5, 0.6) is 5.75 Å². The molecular formula is C20H18BrF3N4O3. The molecule has 1 aromatic carbocycles. The molecule has 0 N–H and O–H groups in total. The molecule has 1 aliphatic rings. The van der Waals surface area contributed by atoms with Gasteiger partial charge in [0.05, 0.1) is 42.6 Å². The van der Waals surface area contributed by atoms with Gasteiger partial charge < -0.3 is 14.4 Å². The van der Waals surface area contributed by atoms with Crippen molar-refractivity contribution in [2.75, 3.05) is 33.4 Å². The molecule has 3 heterocycles. The van der Waals surface area contributed by atoms with Gasteiger partial charge in [-0.2, -0.15) is 18.3 Å². The Morgan fingerprint density at radius 1 is 1.23 bits per heavy atom. The number of morpholine rings is 1. The summed E-state index contributed by atoms with van der Waals surface area (Å²) in [7, 11) is 1.50. The summed E-state index contributed by atoms with van der Waals surface area (Å²) >= 11 is 3.31. The van der Waals surface area contributed by atoms with Crippen molar-refractivity contribution in [3.8, 4) is 17.0 Å². The van der Waals surface area contributed by atoms with Crippen LogP contribution in [0.2, 0.25) is 0 Å². The van der Waals surface area contributed by atoms with Crippen molar-refractivity contribution in [2.24, 2.45) is 0 Å². The second-order valence-corrected chi connectivity index (χ2v) is 7.71. The van der Waals surface area contributed by atoms with E-state index in [1.165, 1.54) is 7.11 Å². The van der Waals surface area contributed by atoms with Crippen LogP contribution in [0.25, 0.3) is 16.9 Å². The molecule has 0 unspecified atom stereocenters. The van der Waals surface area contributed by atoms with Gasteiger partial charge in [-0.25, -0.2) is 9.50 Å². The summed E-state index contributed by atoms with van der Waals surface area (Å²) < 4.78 is 52.8. The normalized spacial score (nSPS) is 14.8. The highest BCUT2D eigenvalue weighted by Gasteiger charge is 2.36. The Bertz CT molecular complexity index is 1110. The average molecular weight is 499 g/mol. The predicted molar refractivity (Wildman–Crippen MR) is 109 cm³/mol. The summed E-state index contributed by atoms with van der Waals surface area (Å²) in [5, 5.41) is 4.06. The van der Waals surface area contributed by atoms with Crippen LogP contribution in [-0.2, 0) is 22.1 Å². The third kappa shape index (κ3) is 4.38. The largest absolute Gasteiger partial charge is 0.497 e. The van der Waals surface area contributed by atoms with Gasteiger partial charge in [-0.1, -0.05) is 0 Å². The third-order valence-electron chi connectivity index (χ3n) is 4.96. The maximum absolute atomic E-state index is 13.8. The lowest BCUT2D eigenvalue weighted by Gasteiger charge is -2.26. The van der Waals surface area contributed by atoms with Crippen molar-refractivity contribution in [2.45, 2.75) is 12.6 Å². The Kier molecular flexibility index (Phi) is 5.89. The molecule has 0 saturated carbocycles. The number of aromatic nitrogens is 3. The van der Waals surface area contributed by atoms with E-state index in [0.717, 1.165) is 10.6 Å². The summed E-state index contributed by atoms with van der Waals surface area (Å²) in [6.07, 6.45) is -4.81. The number of carbonyl (C=O) groups excluding carboxylic acids is 1. The van der Waals surface area contributed by atoms with Gasteiger partial charge in [0, 0.05) is 18.7 Å². The molecule has 1 amide bonds. The molecule has 0 spiro atoms.